The van der Waals surface area contributed by atoms with Crippen LogP contribution in [0.5, 0.6) is 0 Å². The normalized spacial score (nSPS) is 19.5. The number of hydrogen-bond acceptors (Lipinski definition) is 2. The van der Waals surface area contributed by atoms with Gasteiger partial charge in [0.05, 0.1) is 10.0 Å². The van der Waals surface area contributed by atoms with Gasteiger partial charge < -0.3 is 4.90 Å². The molecule has 0 saturated carbocycles. The van der Waals surface area contributed by atoms with Gasteiger partial charge in [-0.15, -0.1) is 0 Å². The molecule has 5 heteroatoms. The zero-order valence-electron chi connectivity index (χ0n) is 9.93. The standard InChI is InChI=1S/C12H15Cl3N2/c1-12(2)3-5-17(6-4-12)11-9(14)7-8(13)10(15)16-11/h7H,3-6H2,1-2H3. The van der Waals surface area contributed by atoms with Gasteiger partial charge >= 0.3 is 0 Å². The second kappa shape index (κ2) is 4.83. The topological polar surface area (TPSA) is 16.1 Å². The summed E-state index contributed by atoms with van der Waals surface area (Å²) in [4.78, 5) is 6.45. The summed E-state index contributed by atoms with van der Waals surface area (Å²) in [5.41, 5.74) is 0.402. The van der Waals surface area contributed by atoms with Gasteiger partial charge in [-0.1, -0.05) is 48.7 Å². The molecule has 17 heavy (non-hydrogen) atoms. The Kier molecular flexibility index (Phi) is 3.77. The predicted molar refractivity (Wildman–Crippen MR) is 74.5 cm³/mol. The van der Waals surface area contributed by atoms with Crippen LogP contribution in [0.4, 0.5) is 5.82 Å². The first kappa shape index (κ1) is 13.3. The predicted octanol–water partition coefficient (Wildman–Crippen LogP) is 4.67. The van der Waals surface area contributed by atoms with Crippen LogP contribution < -0.4 is 4.90 Å². The molecule has 94 valence electrons. The highest BCUT2D eigenvalue weighted by Gasteiger charge is 2.27. The van der Waals surface area contributed by atoms with Crippen LogP contribution in [0.15, 0.2) is 6.07 Å². The molecule has 1 aliphatic rings. The van der Waals surface area contributed by atoms with Gasteiger partial charge in [0.15, 0.2) is 0 Å². The van der Waals surface area contributed by atoms with Gasteiger partial charge in [0, 0.05) is 13.1 Å². The summed E-state index contributed by atoms with van der Waals surface area (Å²) >= 11 is 18.0. The molecule has 2 nitrogen and oxygen atoms in total. The van der Waals surface area contributed by atoms with Crippen molar-refractivity contribution in [1.82, 2.24) is 4.98 Å². The highest BCUT2D eigenvalue weighted by molar-refractivity contribution is 6.42. The summed E-state index contributed by atoms with van der Waals surface area (Å²) in [6, 6.07) is 1.66. The molecule has 0 atom stereocenters. The summed E-state index contributed by atoms with van der Waals surface area (Å²) in [5.74, 6) is 0.747. The average Bonchev–Trinajstić information content (AvgIpc) is 2.24. The number of piperidine rings is 1. The van der Waals surface area contributed by atoms with Gasteiger partial charge in [-0.3, -0.25) is 0 Å². The van der Waals surface area contributed by atoms with Gasteiger partial charge in [0.25, 0.3) is 0 Å². The third kappa shape index (κ3) is 2.98. The first-order valence-corrected chi connectivity index (χ1v) is 6.79. The Bertz CT molecular complexity index is 422. The largest absolute Gasteiger partial charge is 0.355 e. The van der Waals surface area contributed by atoms with E-state index in [9.17, 15) is 0 Å². The first-order chi connectivity index (χ1) is 7.89. The van der Waals surface area contributed by atoms with Crippen LogP contribution in [0.3, 0.4) is 0 Å². The van der Waals surface area contributed by atoms with Crippen LogP contribution in [0, 0.1) is 5.41 Å². The Labute approximate surface area is 117 Å². The maximum atomic E-state index is 6.16. The highest BCUT2D eigenvalue weighted by Crippen LogP contribution is 2.36. The van der Waals surface area contributed by atoms with Crippen molar-refractivity contribution in [2.45, 2.75) is 26.7 Å². The fourth-order valence-corrected chi connectivity index (χ4v) is 2.59. The van der Waals surface area contributed by atoms with Crippen LogP contribution in [-0.4, -0.2) is 18.1 Å². The molecule has 0 aliphatic carbocycles. The molecule has 0 bridgehead atoms. The van der Waals surface area contributed by atoms with Gasteiger partial charge in [-0.05, 0) is 24.3 Å². The minimum absolute atomic E-state index is 0.316. The number of aromatic nitrogens is 1. The summed E-state index contributed by atoms with van der Waals surface area (Å²) in [6.45, 7) is 6.48. The molecule has 1 aromatic rings. The van der Waals surface area contributed by atoms with Crippen molar-refractivity contribution in [1.29, 1.82) is 0 Å². The second-order valence-electron chi connectivity index (χ2n) is 5.22. The number of hydrogen-bond donors (Lipinski definition) is 0. The molecule has 0 aromatic carbocycles. The summed E-state index contributed by atoms with van der Waals surface area (Å²) in [7, 11) is 0. The molecule has 1 aromatic heterocycles. The van der Waals surface area contributed by atoms with E-state index in [0.717, 1.165) is 31.7 Å². The maximum Gasteiger partial charge on any atom is 0.150 e. The minimum Gasteiger partial charge on any atom is -0.355 e. The van der Waals surface area contributed by atoms with Crippen molar-refractivity contribution < 1.29 is 0 Å². The molecule has 0 amide bonds. The van der Waals surface area contributed by atoms with E-state index in [2.05, 4.69) is 23.7 Å². The van der Waals surface area contributed by atoms with E-state index in [-0.39, 0.29) is 0 Å². The van der Waals surface area contributed by atoms with Crippen molar-refractivity contribution in [2.75, 3.05) is 18.0 Å². The van der Waals surface area contributed by atoms with Crippen molar-refractivity contribution in [3.8, 4) is 0 Å². The third-order valence-corrected chi connectivity index (χ3v) is 4.24. The molecular weight excluding hydrogens is 279 g/mol. The maximum absolute atomic E-state index is 6.16. The van der Waals surface area contributed by atoms with Crippen molar-refractivity contribution in [3.63, 3.8) is 0 Å². The minimum atomic E-state index is 0.316. The summed E-state index contributed by atoms with van der Waals surface area (Å²) in [5, 5.41) is 1.28. The zero-order valence-corrected chi connectivity index (χ0v) is 12.2. The Hall–Kier alpha value is -0.180. The number of nitrogens with zero attached hydrogens (tertiary/aromatic N) is 2. The molecule has 0 N–H and O–H groups in total. The van der Waals surface area contributed by atoms with Crippen LogP contribution in [0.1, 0.15) is 26.7 Å². The van der Waals surface area contributed by atoms with Crippen molar-refractivity contribution in [2.24, 2.45) is 5.41 Å². The summed E-state index contributed by atoms with van der Waals surface area (Å²) in [6.07, 6.45) is 2.26. The monoisotopic (exact) mass is 292 g/mol. The van der Waals surface area contributed by atoms with E-state index in [0.29, 0.717) is 20.6 Å². The van der Waals surface area contributed by atoms with Crippen LogP contribution in [-0.2, 0) is 0 Å². The quantitative estimate of drug-likeness (QED) is 0.700. The van der Waals surface area contributed by atoms with E-state index in [1.165, 1.54) is 0 Å². The highest BCUT2D eigenvalue weighted by atomic mass is 35.5. The number of halogens is 3. The van der Waals surface area contributed by atoms with Gasteiger partial charge in [0.1, 0.15) is 11.0 Å². The number of pyridine rings is 1. The third-order valence-electron chi connectivity index (χ3n) is 3.28. The van der Waals surface area contributed by atoms with Crippen molar-refractivity contribution in [3.05, 3.63) is 21.3 Å². The Morgan fingerprint density at radius 3 is 2.29 bits per heavy atom. The van der Waals surface area contributed by atoms with E-state index < -0.39 is 0 Å². The molecule has 1 fully saturated rings. The molecule has 1 aliphatic heterocycles. The van der Waals surface area contributed by atoms with Crippen LogP contribution in [0.2, 0.25) is 15.2 Å². The SMILES string of the molecule is CC1(C)CCN(c2nc(Cl)c(Cl)cc2Cl)CC1. The molecular formula is C12H15Cl3N2. The lowest BCUT2D eigenvalue weighted by molar-refractivity contribution is 0.279. The summed E-state index contributed by atoms with van der Waals surface area (Å²) < 4.78 is 0. The zero-order chi connectivity index (χ0) is 12.6. The molecule has 0 spiro atoms. The molecule has 0 unspecified atom stereocenters. The molecule has 0 radical (unpaired) electrons. The Morgan fingerprint density at radius 1 is 1.12 bits per heavy atom. The lowest BCUT2D eigenvalue weighted by atomic mass is 9.83. The van der Waals surface area contributed by atoms with Crippen LogP contribution >= 0.6 is 34.8 Å². The molecule has 2 heterocycles. The van der Waals surface area contributed by atoms with E-state index in [1.807, 2.05) is 0 Å². The molecule has 1 saturated heterocycles. The Balaban J connectivity index is 2.21. The number of rotatable bonds is 1. The fraction of sp³-hybridized carbons (Fsp3) is 0.583. The number of anilines is 1. The smallest absolute Gasteiger partial charge is 0.150 e. The Morgan fingerprint density at radius 2 is 1.71 bits per heavy atom. The lowest BCUT2D eigenvalue weighted by Gasteiger charge is -2.37. The lowest BCUT2D eigenvalue weighted by Crippen LogP contribution is -2.37. The second-order valence-corrected chi connectivity index (χ2v) is 6.39. The van der Waals surface area contributed by atoms with Gasteiger partial charge in [-0.2, -0.15) is 0 Å². The van der Waals surface area contributed by atoms with Gasteiger partial charge in [-0.25, -0.2) is 4.98 Å². The van der Waals surface area contributed by atoms with Crippen LogP contribution in [0.25, 0.3) is 0 Å². The van der Waals surface area contributed by atoms with E-state index >= 15 is 0 Å². The van der Waals surface area contributed by atoms with E-state index in [4.69, 9.17) is 34.8 Å². The first-order valence-electron chi connectivity index (χ1n) is 5.65. The fourth-order valence-electron chi connectivity index (χ4n) is 1.98. The van der Waals surface area contributed by atoms with Gasteiger partial charge in [0.2, 0.25) is 0 Å². The van der Waals surface area contributed by atoms with E-state index in [1.54, 1.807) is 6.07 Å². The average molecular weight is 294 g/mol. The molecule has 2 rings (SSSR count). The van der Waals surface area contributed by atoms with Crippen molar-refractivity contribution >= 4 is 40.6 Å².